The lowest BCUT2D eigenvalue weighted by atomic mass is 9.94. The fraction of sp³-hybridized carbons (Fsp3) is 0.290. The van der Waals surface area contributed by atoms with Crippen LogP contribution in [0.5, 0.6) is 0 Å². The van der Waals surface area contributed by atoms with Crippen LogP contribution < -0.4 is 0 Å². The highest BCUT2D eigenvalue weighted by Crippen LogP contribution is 2.46. The van der Waals surface area contributed by atoms with Gasteiger partial charge in [0.1, 0.15) is 69.1 Å². The molecule has 0 saturated heterocycles. The zero-order valence-corrected chi connectivity index (χ0v) is 59.7. The second kappa shape index (κ2) is 31.4. The largest absolute Gasteiger partial charge is 0.456 e. The van der Waals surface area contributed by atoms with Gasteiger partial charge in [0.05, 0.1) is 0 Å². The Morgan fingerprint density at radius 1 is 0.182 bits per heavy atom. The number of rotatable bonds is 30. The minimum atomic E-state index is 0.831. The van der Waals surface area contributed by atoms with Gasteiger partial charge in [-0.1, -0.05) is 242 Å². The second-order valence-electron chi connectivity index (χ2n) is 27.5. The third kappa shape index (κ3) is 15.4. The fourth-order valence-electron chi connectivity index (χ4n) is 13.7. The normalized spacial score (nSPS) is 11.6. The summed E-state index contributed by atoms with van der Waals surface area (Å²) in [6.45, 7) is 19.9. The molecular weight excluding hydrogens is 1210 g/mol. The van der Waals surface area contributed by atoms with Crippen LogP contribution in [0.15, 0.2) is 227 Å². The summed E-state index contributed by atoms with van der Waals surface area (Å²) in [6.07, 6.45) is 18.3. The molecule has 0 atom stereocenters. The predicted octanol–water partition coefficient (Wildman–Crippen LogP) is 28.2. The van der Waals surface area contributed by atoms with Crippen molar-refractivity contribution < 1.29 is 26.5 Å². The van der Waals surface area contributed by atoms with Crippen molar-refractivity contribution in [2.75, 3.05) is 0 Å². The van der Waals surface area contributed by atoms with Gasteiger partial charge in [0.25, 0.3) is 0 Å². The molecule has 504 valence electrons. The van der Waals surface area contributed by atoms with E-state index in [4.69, 9.17) is 26.5 Å². The topological polar surface area (TPSA) is 78.8 Å². The van der Waals surface area contributed by atoms with E-state index in [1.54, 1.807) is 0 Å². The van der Waals surface area contributed by atoms with Crippen LogP contribution in [-0.2, 0) is 38.5 Å². The quantitative estimate of drug-likeness (QED) is 0.0446. The molecule has 0 N–H and O–H groups in total. The molecule has 6 heterocycles. The van der Waals surface area contributed by atoms with E-state index in [2.05, 4.69) is 263 Å². The third-order valence-electron chi connectivity index (χ3n) is 19.7. The molecule has 6 aromatic heterocycles. The number of aryl methyl sites for hydroxylation is 9. The molecule has 0 unspecified atom stereocenters. The van der Waals surface area contributed by atoms with Crippen molar-refractivity contribution in [3.8, 4) is 136 Å². The Morgan fingerprint density at radius 2 is 0.333 bits per heavy atom. The van der Waals surface area contributed by atoms with E-state index in [1.807, 2.05) is 0 Å². The molecule has 13 rings (SSSR count). The van der Waals surface area contributed by atoms with Crippen LogP contribution in [0.4, 0.5) is 0 Å². The van der Waals surface area contributed by atoms with Crippen molar-refractivity contribution in [2.45, 2.75) is 178 Å². The molecule has 0 fully saturated rings. The van der Waals surface area contributed by atoms with E-state index >= 15 is 0 Å². The first-order valence-electron chi connectivity index (χ1n) is 36.9. The molecule has 6 heteroatoms. The zero-order chi connectivity index (χ0) is 68.4. The van der Waals surface area contributed by atoms with Crippen LogP contribution in [0.25, 0.3) is 136 Å². The van der Waals surface area contributed by atoms with Crippen LogP contribution >= 0.6 is 0 Å². The van der Waals surface area contributed by atoms with E-state index in [9.17, 15) is 0 Å². The standard InChI is InChI=1S/C93H96O6/c1-10-16-22-73-55-82(64-34-28-61(7)29-35-64)94-88(73)70-46-40-67(41-47-70)85-58-76(25-19-13-4)91(97-85)79-52-80(92-77(26-20-14-5)59-86(98-92)68-42-48-71(49-43-68)89-74(23-17-11-2)56-83(95-89)65-36-30-62(8)31-37-65)54-81(53-79)93-78(27-21-15-6)60-87(99-93)69-44-50-72(51-45-69)90-75(24-18-12-3)57-84(96-90)66-38-32-63(9)33-39-66/h28-60H,10-27H2,1-9H3. The van der Waals surface area contributed by atoms with Crippen LogP contribution in [-0.4, -0.2) is 0 Å². The molecule has 0 aliphatic carbocycles. The molecule has 0 radical (unpaired) electrons. The van der Waals surface area contributed by atoms with Gasteiger partial charge in [-0.15, -0.1) is 0 Å². The van der Waals surface area contributed by atoms with Gasteiger partial charge >= 0.3 is 0 Å². The highest BCUT2D eigenvalue weighted by molar-refractivity contribution is 5.84. The first-order valence-corrected chi connectivity index (χ1v) is 36.9. The Hall–Kier alpha value is -9.78. The molecular formula is C93H96O6. The predicted molar refractivity (Wildman–Crippen MR) is 411 cm³/mol. The molecule has 99 heavy (non-hydrogen) atoms. The monoisotopic (exact) mass is 1310 g/mol. The first-order chi connectivity index (χ1) is 48.5. The number of hydrogen-bond donors (Lipinski definition) is 0. The minimum Gasteiger partial charge on any atom is -0.456 e. The van der Waals surface area contributed by atoms with E-state index in [-0.39, 0.29) is 0 Å². The minimum absolute atomic E-state index is 0.831. The number of furan rings is 6. The maximum absolute atomic E-state index is 7.32. The average Bonchev–Trinajstić information content (AvgIpc) is 1.66. The van der Waals surface area contributed by atoms with Crippen molar-refractivity contribution in [3.63, 3.8) is 0 Å². The number of benzene rings is 7. The highest BCUT2D eigenvalue weighted by atomic mass is 16.4. The molecule has 0 spiro atoms. The van der Waals surface area contributed by atoms with Gasteiger partial charge in [-0.05, 0) is 186 Å². The Kier molecular flexibility index (Phi) is 21.5. The smallest absolute Gasteiger partial charge is 0.138 e. The number of hydrogen-bond acceptors (Lipinski definition) is 6. The lowest BCUT2D eigenvalue weighted by Crippen LogP contribution is -1.92. The van der Waals surface area contributed by atoms with Crippen LogP contribution in [0.3, 0.4) is 0 Å². The maximum Gasteiger partial charge on any atom is 0.138 e. The molecule has 0 saturated carbocycles. The summed E-state index contributed by atoms with van der Waals surface area (Å²) in [4.78, 5) is 0. The van der Waals surface area contributed by atoms with E-state index in [1.165, 1.54) is 50.1 Å². The Bertz CT molecular complexity index is 4280. The molecule has 7 aromatic carbocycles. The van der Waals surface area contributed by atoms with Crippen molar-refractivity contribution >= 4 is 0 Å². The van der Waals surface area contributed by atoms with Crippen LogP contribution in [0.1, 0.15) is 169 Å². The molecule has 0 amide bonds. The first kappa shape index (κ1) is 67.8. The van der Waals surface area contributed by atoms with Crippen molar-refractivity contribution in [2.24, 2.45) is 0 Å². The maximum atomic E-state index is 7.32. The van der Waals surface area contributed by atoms with Gasteiger partial charge in [-0.3, -0.25) is 0 Å². The summed E-state index contributed by atoms with van der Waals surface area (Å²) in [5.74, 6) is 10.6. The summed E-state index contributed by atoms with van der Waals surface area (Å²) < 4.78 is 42.2. The Labute approximate surface area is 587 Å². The summed E-state index contributed by atoms with van der Waals surface area (Å²) >= 11 is 0. The summed E-state index contributed by atoms with van der Waals surface area (Å²) in [7, 11) is 0. The molecule has 0 aliphatic heterocycles. The van der Waals surface area contributed by atoms with Crippen molar-refractivity contribution in [1.29, 1.82) is 0 Å². The Morgan fingerprint density at radius 3 is 0.505 bits per heavy atom. The SMILES string of the molecule is CCCCc1cc(-c2ccc(C)cc2)oc1-c1ccc(-c2cc(CCCC)c(-c3cc(-c4oc(-c5ccc(-c6oc(-c7ccc(C)cc7)cc6CCCC)cc5)cc4CCCC)cc(-c4oc(-c5ccc(-c6oc(-c7ccc(C)cc7)cc6CCCC)cc5)cc4CCCC)c3)o2)cc1. The molecule has 0 bridgehead atoms. The Balaban J connectivity index is 0.912. The molecule has 6 nitrogen and oxygen atoms in total. The van der Waals surface area contributed by atoms with Gasteiger partial charge < -0.3 is 26.5 Å². The van der Waals surface area contributed by atoms with Gasteiger partial charge in [0.15, 0.2) is 0 Å². The van der Waals surface area contributed by atoms with E-state index in [0.29, 0.717) is 0 Å². The van der Waals surface area contributed by atoms with E-state index < -0.39 is 0 Å². The van der Waals surface area contributed by atoms with Crippen molar-refractivity contribution in [3.05, 3.63) is 250 Å². The van der Waals surface area contributed by atoms with Gasteiger partial charge in [-0.25, -0.2) is 0 Å². The summed E-state index contributed by atoms with van der Waals surface area (Å²) in [6, 6.07) is 72.7. The van der Waals surface area contributed by atoms with Crippen LogP contribution in [0, 0.1) is 20.8 Å². The van der Waals surface area contributed by atoms with Crippen molar-refractivity contribution in [1.82, 2.24) is 0 Å². The zero-order valence-electron chi connectivity index (χ0n) is 59.7. The van der Waals surface area contributed by atoms with Crippen LogP contribution in [0.2, 0.25) is 0 Å². The lowest BCUT2D eigenvalue weighted by molar-refractivity contribution is 0.587. The summed E-state index contributed by atoms with van der Waals surface area (Å²) in [5.41, 5.74) is 23.3. The second-order valence-corrected chi connectivity index (χ2v) is 27.5. The fourth-order valence-corrected chi connectivity index (χ4v) is 13.7. The van der Waals surface area contributed by atoms with Gasteiger partial charge in [-0.2, -0.15) is 0 Å². The molecule has 0 aliphatic rings. The summed E-state index contributed by atoms with van der Waals surface area (Å²) in [5, 5.41) is 0. The average molecular weight is 1310 g/mol. The van der Waals surface area contributed by atoms with Gasteiger partial charge in [0.2, 0.25) is 0 Å². The number of unbranched alkanes of at least 4 members (excludes halogenated alkanes) is 6. The highest BCUT2D eigenvalue weighted by Gasteiger charge is 2.26. The lowest BCUT2D eigenvalue weighted by Gasteiger charge is -2.11. The molecule has 13 aromatic rings. The van der Waals surface area contributed by atoms with Gasteiger partial charge in [0, 0.05) is 66.8 Å². The van der Waals surface area contributed by atoms with E-state index in [0.717, 1.165) is 251 Å². The third-order valence-corrected chi connectivity index (χ3v) is 19.7.